The van der Waals surface area contributed by atoms with Crippen molar-refractivity contribution in [3.05, 3.63) is 17.5 Å². The smallest absolute Gasteiger partial charge is 0.0881 e. The molecule has 0 fully saturated rings. The van der Waals surface area contributed by atoms with Crippen LogP contribution in [0.4, 0.5) is 0 Å². The average molecular weight is 168 g/mol. The zero-order valence-electron chi connectivity index (χ0n) is 8.13. The summed E-state index contributed by atoms with van der Waals surface area (Å²) < 4.78 is 1.82. The molecule has 1 N–H and O–H groups in total. The van der Waals surface area contributed by atoms with Crippen molar-refractivity contribution < 1.29 is 5.11 Å². The van der Waals surface area contributed by atoms with Gasteiger partial charge in [0.1, 0.15) is 0 Å². The highest BCUT2D eigenvalue weighted by Gasteiger charge is 2.18. The lowest BCUT2D eigenvalue weighted by molar-refractivity contribution is 0.275. The number of aliphatic hydroxyl groups excluding tert-OH is 1. The van der Waals surface area contributed by atoms with Crippen LogP contribution in [0.25, 0.3) is 0 Å². The quantitative estimate of drug-likeness (QED) is 0.684. The van der Waals surface area contributed by atoms with E-state index in [4.69, 9.17) is 5.11 Å². The summed E-state index contributed by atoms with van der Waals surface area (Å²) in [4.78, 5) is 0. The minimum Gasteiger partial charge on any atom is -0.390 e. The van der Waals surface area contributed by atoms with Crippen molar-refractivity contribution in [2.24, 2.45) is 7.05 Å². The van der Waals surface area contributed by atoms with Crippen molar-refractivity contribution in [3.63, 3.8) is 0 Å². The molecule has 0 radical (unpaired) electrons. The Morgan fingerprint density at radius 2 is 2.08 bits per heavy atom. The molecule has 0 saturated carbocycles. The van der Waals surface area contributed by atoms with E-state index in [1.807, 2.05) is 17.8 Å². The predicted octanol–water partition coefficient (Wildman–Crippen LogP) is 1.21. The molecular weight excluding hydrogens is 152 g/mol. The van der Waals surface area contributed by atoms with Crippen molar-refractivity contribution in [2.75, 3.05) is 0 Å². The minimum absolute atomic E-state index is 0.0178. The third kappa shape index (κ3) is 1.67. The second-order valence-corrected chi connectivity index (χ2v) is 4.05. The van der Waals surface area contributed by atoms with E-state index in [1.54, 1.807) is 0 Å². The van der Waals surface area contributed by atoms with Gasteiger partial charge in [0, 0.05) is 18.2 Å². The van der Waals surface area contributed by atoms with Crippen LogP contribution < -0.4 is 0 Å². The Hall–Kier alpha value is -0.830. The number of hydrogen-bond acceptors (Lipinski definition) is 2. The Kier molecular flexibility index (Phi) is 2.24. The van der Waals surface area contributed by atoms with Crippen LogP contribution in [-0.4, -0.2) is 14.9 Å². The summed E-state index contributed by atoms with van der Waals surface area (Å²) in [5.41, 5.74) is 1.98. The third-order valence-corrected chi connectivity index (χ3v) is 1.86. The number of rotatable bonds is 1. The van der Waals surface area contributed by atoms with Crippen LogP contribution in [0.1, 0.15) is 32.2 Å². The Labute approximate surface area is 73.0 Å². The molecule has 0 aliphatic heterocycles. The molecule has 3 nitrogen and oxygen atoms in total. The van der Waals surface area contributed by atoms with Gasteiger partial charge < -0.3 is 5.11 Å². The summed E-state index contributed by atoms with van der Waals surface area (Å²) in [5, 5.41) is 13.0. The molecule has 3 heteroatoms. The fourth-order valence-electron chi connectivity index (χ4n) is 1.31. The van der Waals surface area contributed by atoms with Gasteiger partial charge in [-0.05, 0) is 6.07 Å². The normalized spacial score (nSPS) is 12.1. The largest absolute Gasteiger partial charge is 0.390 e. The zero-order chi connectivity index (χ0) is 9.35. The van der Waals surface area contributed by atoms with Gasteiger partial charge in [0.25, 0.3) is 0 Å². The van der Waals surface area contributed by atoms with Crippen LogP contribution in [0.2, 0.25) is 0 Å². The average Bonchev–Trinajstić information content (AvgIpc) is 2.29. The molecule has 0 aliphatic rings. The van der Waals surface area contributed by atoms with Gasteiger partial charge in [0.05, 0.1) is 12.3 Å². The van der Waals surface area contributed by atoms with Gasteiger partial charge >= 0.3 is 0 Å². The first-order valence-electron chi connectivity index (χ1n) is 4.09. The van der Waals surface area contributed by atoms with E-state index in [2.05, 4.69) is 25.9 Å². The molecule has 1 heterocycles. The molecule has 0 aromatic carbocycles. The van der Waals surface area contributed by atoms with E-state index in [1.165, 1.54) is 0 Å². The van der Waals surface area contributed by atoms with Crippen LogP contribution in [0, 0.1) is 0 Å². The fraction of sp³-hybridized carbons (Fsp3) is 0.667. The van der Waals surface area contributed by atoms with Gasteiger partial charge in [-0.3, -0.25) is 4.68 Å². The van der Waals surface area contributed by atoms with E-state index in [9.17, 15) is 0 Å². The third-order valence-electron chi connectivity index (χ3n) is 1.86. The van der Waals surface area contributed by atoms with E-state index < -0.39 is 0 Å². The second kappa shape index (κ2) is 2.90. The van der Waals surface area contributed by atoms with Gasteiger partial charge in [-0.15, -0.1) is 0 Å². The maximum atomic E-state index is 8.87. The molecule has 12 heavy (non-hydrogen) atoms. The number of aromatic nitrogens is 2. The van der Waals surface area contributed by atoms with Crippen molar-refractivity contribution in [1.29, 1.82) is 0 Å². The standard InChI is InChI=1S/C9H16N2O/c1-9(2,3)8-5-7(6-12)10-11(8)4/h5,12H,6H2,1-4H3. The van der Waals surface area contributed by atoms with Crippen molar-refractivity contribution in [2.45, 2.75) is 32.8 Å². The first kappa shape index (κ1) is 9.26. The number of aliphatic hydroxyl groups is 1. The van der Waals surface area contributed by atoms with Gasteiger partial charge in [-0.1, -0.05) is 20.8 Å². The molecule has 0 saturated heterocycles. The number of aryl methyl sites for hydroxylation is 1. The summed E-state index contributed by atoms with van der Waals surface area (Å²) >= 11 is 0. The molecule has 0 aliphatic carbocycles. The van der Waals surface area contributed by atoms with Crippen molar-refractivity contribution in [1.82, 2.24) is 9.78 Å². The minimum atomic E-state index is 0.0178. The molecular formula is C9H16N2O. The van der Waals surface area contributed by atoms with Crippen LogP contribution in [0.15, 0.2) is 6.07 Å². The first-order valence-corrected chi connectivity index (χ1v) is 4.09. The van der Waals surface area contributed by atoms with Crippen LogP contribution in [-0.2, 0) is 19.1 Å². The van der Waals surface area contributed by atoms with Gasteiger partial charge in [-0.25, -0.2) is 0 Å². The SMILES string of the molecule is Cn1nc(CO)cc1C(C)(C)C. The Morgan fingerprint density at radius 3 is 2.33 bits per heavy atom. The van der Waals surface area contributed by atoms with E-state index >= 15 is 0 Å². The monoisotopic (exact) mass is 168 g/mol. The highest BCUT2D eigenvalue weighted by Crippen LogP contribution is 2.21. The molecule has 0 spiro atoms. The molecule has 0 amide bonds. The molecule has 0 atom stereocenters. The summed E-state index contributed by atoms with van der Waals surface area (Å²) in [6.45, 7) is 6.41. The number of nitrogens with zero attached hydrogens (tertiary/aromatic N) is 2. The van der Waals surface area contributed by atoms with Crippen LogP contribution in [0.3, 0.4) is 0 Å². The second-order valence-electron chi connectivity index (χ2n) is 4.05. The van der Waals surface area contributed by atoms with E-state index in [0.29, 0.717) is 0 Å². The van der Waals surface area contributed by atoms with Crippen LogP contribution in [0.5, 0.6) is 0 Å². The van der Waals surface area contributed by atoms with Crippen molar-refractivity contribution >= 4 is 0 Å². The molecule has 68 valence electrons. The Balaban J connectivity index is 3.08. The molecule has 0 bridgehead atoms. The number of hydrogen-bond donors (Lipinski definition) is 1. The lowest BCUT2D eigenvalue weighted by atomic mass is 9.92. The van der Waals surface area contributed by atoms with Gasteiger partial charge in [-0.2, -0.15) is 5.10 Å². The molecule has 1 aromatic rings. The highest BCUT2D eigenvalue weighted by molar-refractivity contribution is 5.17. The summed E-state index contributed by atoms with van der Waals surface area (Å²) in [6.07, 6.45) is 0. The van der Waals surface area contributed by atoms with Gasteiger partial charge in [0.2, 0.25) is 0 Å². The molecule has 1 aromatic heterocycles. The maximum Gasteiger partial charge on any atom is 0.0881 e. The predicted molar refractivity (Wildman–Crippen MR) is 47.8 cm³/mol. The van der Waals surface area contributed by atoms with Crippen LogP contribution >= 0.6 is 0 Å². The summed E-state index contributed by atoms with van der Waals surface area (Å²) in [5.74, 6) is 0. The molecule has 1 rings (SSSR count). The zero-order valence-corrected chi connectivity index (χ0v) is 8.13. The topological polar surface area (TPSA) is 38.0 Å². The summed E-state index contributed by atoms with van der Waals surface area (Å²) in [6, 6.07) is 1.94. The lowest BCUT2D eigenvalue weighted by Gasteiger charge is -2.17. The fourth-order valence-corrected chi connectivity index (χ4v) is 1.31. The maximum absolute atomic E-state index is 8.87. The molecule has 0 unspecified atom stereocenters. The van der Waals surface area contributed by atoms with Gasteiger partial charge in [0.15, 0.2) is 0 Å². The summed E-state index contributed by atoms with van der Waals surface area (Å²) in [7, 11) is 1.90. The lowest BCUT2D eigenvalue weighted by Crippen LogP contribution is -2.16. The Morgan fingerprint density at radius 1 is 1.50 bits per heavy atom. The first-order chi connectivity index (χ1) is 5.45. The van der Waals surface area contributed by atoms with E-state index in [-0.39, 0.29) is 12.0 Å². The van der Waals surface area contributed by atoms with Crippen molar-refractivity contribution in [3.8, 4) is 0 Å². The van der Waals surface area contributed by atoms with E-state index in [0.717, 1.165) is 11.4 Å². The highest BCUT2D eigenvalue weighted by atomic mass is 16.3. The Bertz CT molecular complexity index is 271.